The Morgan fingerprint density at radius 2 is 1.94 bits per heavy atom. The maximum absolute atomic E-state index is 13.1. The first-order valence-corrected chi connectivity index (χ1v) is 11.3. The van der Waals surface area contributed by atoms with Crippen LogP contribution in [0.15, 0.2) is 59.1 Å². The van der Waals surface area contributed by atoms with E-state index in [0.717, 1.165) is 39.7 Å². The van der Waals surface area contributed by atoms with Crippen LogP contribution in [-0.4, -0.2) is 38.5 Å². The summed E-state index contributed by atoms with van der Waals surface area (Å²) < 4.78 is 1.78. The van der Waals surface area contributed by atoms with Crippen LogP contribution in [0.5, 0.6) is 0 Å². The van der Waals surface area contributed by atoms with Crippen LogP contribution in [0.1, 0.15) is 38.2 Å². The molecule has 2 aromatic heterocycles. The number of nitrogens with one attached hydrogen (secondary N) is 1. The van der Waals surface area contributed by atoms with Crippen molar-refractivity contribution in [3.8, 4) is 16.3 Å². The summed E-state index contributed by atoms with van der Waals surface area (Å²) in [6.07, 6.45) is 6.61. The molecule has 3 heterocycles. The average Bonchev–Trinajstić information content (AvgIpc) is 3.50. The monoisotopic (exact) mass is 433 g/mol. The van der Waals surface area contributed by atoms with Crippen LogP contribution in [0.4, 0.5) is 4.79 Å². The molecule has 31 heavy (non-hydrogen) atoms. The van der Waals surface area contributed by atoms with Gasteiger partial charge in [-0.05, 0) is 55.2 Å². The number of hydrazone groups is 1. The fraction of sp³-hybridized carbons (Fsp3) is 0.304. The zero-order valence-corrected chi connectivity index (χ0v) is 18.0. The topological polar surface area (TPSA) is 79.6 Å². The number of nitrogens with zero attached hydrogens (tertiary/aromatic N) is 4. The second-order valence-electron chi connectivity index (χ2n) is 8.25. The Bertz CT molecular complexity index is 1130. The van der Waals surface area contributed by atoms with Crippen LogP contribution in [0.3, 0.4) is 0 Å². The largest absolute Gasteiger partial charge is 0.346 e. The lowest BCUT2D eigenvalue weighted by Crippen LogP contribution is -2.49. The van der Waals surface area contributed by atoms with E-state index >= 15 is 0 Å². The molecular weight excluding hydrogens is 410 g/mol. The molecule has 0 bridgehead atoms. The number of carbonyl (C=O) groups excluding carboxylic acids is 2. The van der Waals surface area contributed by atoms with Gasteiger partial charge in [-0.3, -0.25) is 4.79 Å². The molecular formula is C23H23N5O2S. The summed E-state index contributed by atoms with van der Waals surface area (Å²) in [4.78, 5) is 26.6. The summed E-state index contributed by atoms with van der Waals surface area (Å²) in [7, 11) is 0. The Hall–Kier alpha value is -3.26. The number of benzene rings is 1. The lowest BCUT2D eigenvalue weighted by molar-refractivity contribution is -0.132. The average molecular weight is 434 g/mol. The number of imide groups is 1. The third-order valence-corrected chi connectivity index (χ3v) is 6.97. The van der Waals surface area contributed by atoms with Gasteiger partial charge in [0.05, 0.1) is 16.8 Å². The highest BCUT2D eigenvalue weighted by Gasteiger charge is 2.52. The lowest BCUT2D eigenvalue weighted by Gasteiger charge is -2.33. The normalized spacial score (nSPS) is 23.8. The molecule has 0 unspecified atom stereocenters. The molecule has 1 N–H and O–H groups in total. The minimum atomic E-state index is -0.800. The number of para-hydroxylation sites is 1. The van der Waals surface area contributed by atoms with E-state index in [1.165, 1.54) is 0 Å². The Morgan fingerprint density at radius 3 is 2.65 bits per heavy atom. The minimum absolute atomic E-state index is 0.256. The summed E-state index contributed by atoms with van der Waals surface area (Å²) in [5.74, 6) is 0.318. The Balaban J connectivity index is 1.46. The van der Waals surface area contributed by atoms with Crippen LogP contribution in [0.2, 0.25) is 0 Å². The molecule has 5 rings (SSSR count). The molecule has 2 fully saturated rings. The SMILES string of the molecule is CC1CCC2(CC1)NC(=O)N(/N=C/c1cn(-c3ccccc3)nc1-c1cccs1)C2=O. The third-order valence-electron chi connectivity index (χ3n) is 6.10. The van der Waals surface area contributed by atoms with Crippen LogP contribution in [0, 0.1) is 5.92 Å². The fourth-order valence-corrected chi connectivity index (χ4v) is 4.96. The van der Waals surface area contributed by atoms with Gasteiger partial charge >= 0.3 is 6.03 Å². The van der Waals surface area contributed by atoms with Crippen LogP contribution >= 0.6 is 11.3 Å². The van der Waals surface area contributed by atoms with Gasteiger partial charge in [-0.15, -0.1) is 16.3 Å². The molecule has 158 valence electrons. The first kappa shape index (κ1) is 19.7. The van der Waals surface area contributed by atoms with Gasteiger partial charge in [0, 0.05) is 11.8 Å². The number of aromatic nitrogens is 2. The highest BCUT2D eigenvalue weighted by Crippen LogP contribution is 2.36. The Labute approximate surface area is 184 Å². The predicted molar refractivity (Wildman–Crippen MR) is 120 cm³/mol. The molecule has 1 aliphatic heterocycles. The van der Waals surface area contributed by atoms with Gasteiger partial charge in [0.2, 0.25) is 0 Å². The third kappa shape index (κ3) is 3.57. The quantitative estimate of drug-likeness (QED) is 0.488. The van der Waals surface area contributed by atoms with Gasteiger partial charge < -0.3 is 5.32 Å². The van der Waals surface area contributed by atoms with Gasteiger partial charge in [0.1, 0.15) is 11.2 Å². The van der Waals surface area contributed by atoms with Gasteiger partial charge in [0.15, 0.2) is 0 Å². The molecule has 1 aliphatic carbocycles. The molecule has 8 heteroatoms. The molecule has 1 aromatic carbocycles. The highest BCUT2D eigenvalue weighted by molar-refractivity contribution is 7.13. The van der Waals surface area contributed by atoms with Gasteiger partial charge in [-0.25, -0.2) is 9.48 Å². The summed E-state index contributed by atoms with van der Waals surface area (Å²) in [6, 6.07) is 13.3. The minimum Gasteiger partial charge on any atom is -0.321 e. The molecule has 0 radical (unpaired) electrons. The molecule has 1 spiro atoms. The molecule has 3 amide bonds. The highest BCUT2D eigenvalue weighted by atomic mass is 32.1. The zero-order valence-electron chi connectivity index (χ0n) is 17.2. The maximum Gasteiger partial charge on any atom is 0.346 e. The second-order valence-corrected chi connectivity index (χ2v) is 9.19. The van der Waals surface area contributed by atoms with Crippen LogP contribution < -0.4 is 5.32 Å². The van der Waals surface area contributed by atoms with E-state index in [1.807, 2.05) is 54.0 Å². The standard InChI is InChI=1S/C23H23N5O2S/c1-16-9-11-23(12-10-16)21(29)28(22(30)25-23)24-14-17-15-27(18-6-3-2-4-7-18)26-20(17)19-8-5-13-31-19/h2-8,13-16H,9-12H2,1H3,(H,25,30)/b24-14+. The summed E-state index contributed by atoms with van der Waals surface area (Å²) in [5.41, 5.74) is 1.62. The van der Waals surface area contributed by atoms with Crippen molar-refractivity contribution in [2.24, 2.45) is 11.0 Å². The van der Waals surface area contributed by atoms with Gasteiger partial charge in [0.25, 0.3) is 5.91 Å². The molecule has 1 saturated carbocycles. The number of carbonyl (C=O) groups is 2. The predicted octanol–water partition coefficient (Wildman–Crippen LogP) is 4.44. The summed E-state index contributed by atoms with van der Waals surface area (Å²) in [5, 5.41) is 14.9. The molecule has 7 nitrogen and oxygen atoms in total. The van der Waals surface area contributed by atoms with Crippen LogP contribution in [0.25, 0.3) is 16.3 Å². The van der Waals surface area contributed by atoms with Crippen LogP contribution in [-0.2, 0) is 4.79 Å². The first-order valence-electron chi connectivity index (χ1n) is 10.5. The number of hydrogen-bond acceptors (Lipinski definition) is 5. The van der Waals surface area contributed by atoms with Crippen molar-refractivity contribution in [1.29, 1.82) is 0 Å². The molecule has 1 saturated heterocycles. The van der Waals surface area contributed by atoms with Crippen molar-refractivity contribution < 1.29 is 9.59 Å². The number of amides is 3. The van der Waals surface area contributed by atoms with E-state index in [1.54, 1.807) is 22.2 Å². The Kier molecular flexibility index (Phi) is 4.94. The molecule has 3 aromatic rings. The Morgan fingerprint density at radius 1 is 1.16 bits per heavy atom. The van der Waals surface area contributed by atoms with E-state index in [9.17, 15) is 9.59 Å². The van der Waals surface area contributed by atoms with Crippen molar-refractivity contribution >= 4 is 29.5 Å². The number of thiophene rings is 1. The second kappa shape index (κ2) is 7.77. The van der Waals surface area contributed by atoms with Crippen molar-refractivity contribution in [2.45, 2.75) is 38.1 Å². The van der Waals surface area contributed by atoms with Crippen molar-refractivity contribution in [3.05, 3.63) is 59.6 Å². The van der Waals surface area contributed by atoms with Crippen molar-refractivity contribution in [2.75, 3.05) is 0 Å². The van der Waals surface area contributed by atoms with E-state index in [4.69, 9.17) is 5.10 Å². The first-order chi connectivity index (χ1) is 15.1. The summed E-state index contributed by atoms with van der Waals surface area (Å²) in [6.45, 7) is 2.18. The van der Waals surface area contributed by atoms with Crippen molar-refractivity contribution in [1.82, 2.24) is 20.1 Å². The van der Waals surface area contributed by atoms with E-state index in [0.29, 0.717) is 18.8 Å². The van der Waals surface area contributed by atoms with Gasteiger partial charge in [-0.1, -0.05) is 31.2 Å². The molecule has 2 aliphatic rings. The zero-order chi connectivity index (χ0) is 21.4. The van der Waals surface area contributed by atoms with E-state index in [2.05, 4.69) is 17.3 Å². The molecule has 0 atom stereocenters. The maximum atomic E-state index is 13.1. The number of hydrogen-bond donors (Lipinski definition) is 1. The smallest absolute Gasteiger partial charge is 0.321 e. The fourth-order valence-electron chi connectivity index (χ4n) is 4.22. The lowest BCUT2D eigenvalue weighted by atomic mass is 9.77. The number of rotatable bonds is 4. The summed E-state index contributed by atoms with van der Waals surface area (Å²) >= 11 is 1.58. The number of urea groups is 1. The van der Waals surface area contributed by atoms with Crippen molar-refractivity contribution in [3.63, 3.8) is 0 Å². The van der Waals surface area contributed by atoms with E-state index in [-0.39, 0.29) is 5.91 Å². The van der Waals surface area contributed by atoms with Gasteiger partial charge in [-0.2, -0.15) is 10.2 Å². The van der Waals surface area contributed by atoms with E-state index < -0.39 is 11.6 Å².